The Kier molecular flexibility index (Phi) is 4.67. The molecule has 1 aromatic heterocycles. The van der Waals surface area contributed by atoms with Gasteiger partial charge < -0.3 is 0 Å². The molecule has 2 aromatic rings. The van der Waals surface area contributed by atoms with Gasteiger partial charge in [0.25, 0.3) is 0 Å². The maximum absolute atomic E-state index is 12.8. The van der Waals surface area contributed by atoms with E-state index < -0.39 is 17.5 Å². The minimum Gasteiger partial charge on any atom is -0.293 e. The standard InChI is InChI=1S/C15H12F3NOS/c1-10-4-2-3-5-14(10)21-9-13(20)11-8-19-7-6-12(11)15(16,17)18/h2-8H,9H2,1H3. The number of carbonyl (C=O) groups excluding carboxylic acids is 1. The van der Waals surface area contributed by atoms with Crippen LogP contribution in [0.25, 0.3) is 0 Å². The molecular weight excluding hydrogens is 299 g/mol. The first-order valence-corrected chi connectivity index (χ1v) is 7.11. The highest BCUT2D eigenvalue weighted by Crippen LogP contribution is 2.32. The van der Waals surface area contributed by atoms with Gasteiger partial charge >= 0.3 is 6.18 Å². The van der Waals surface area contributed by atoms with E-state index in [0.29, 0.717) is 0 Å². The van der Waals surface area contributed by atoms with Crippen LogP contribution in [-0.4, -0.2) is 16.5 Å². The summed E-state index contributed by atoms with van der Waals surface area (Å²) in [5.74, 6) is -0.636. The molecule has 1 heterocycles. The van der Waals surface area contributed by atoms with Crippen LogP contribution in [0.2, 0.25) is 0 Å². The molecule has 0 aliphatic rings. The van der Waals surface area contributed by atoms with Gasteiger partial charge in [-0.15, -0.1) is 11.8 Å². The lowest BCUT2D eigenvalue weighted by Crippen LogP contribution is -2.14. The fourth-order valence-corrected chi connectivity index (χ4v) is 2.72. The highest BCUT2D eigenvalue weighted by molar-refractivity contribution is 8.00. The predicted octanol–water partition coefficient (Wildman–Crippen LogP) is 4.38. The van der Waals surface area contributed by atoms with Crippen molar-refractivity contribution >= 4 is 17.5 Å². The highest BCUT2D eigenvalue weighted by atomic mass is 32.2. The molecule has 0 saturated heterocycles. The maximum Gasteiger partial charge on any atom is 0.417 e. The summed E-state index contributed by atoms with van der Waals surface area (Å²) in [6.07, 6.45) is -2.54. The number of Topliss-reactive ketones (excluding diaryl/α,β-unsaturated/α-hetero) is 1. The van der Waals surface area contributed by atoms with Crippen molar-refractivity contribution in [1.29, 1.82) is 0 Å². The fourth-order valence-electron chi connectivity index (χ4n) is 1.80. The zero-order valence-corrected chi connectivity index (χ0v) is 12.0. The molecule has 0 radical (unpaired) electrons. The zero-order chi connectivity index (χ0) is 15.5. The zero-order valence-electron chi connectivity index (χ0n) is 11.1. The second-order valence-corrected chi connectivity index (χ2v) is 5.41. The maximum atomic E-state index is 12.8. The predicted molar refractivity (Wildman–Crippen MR) is 75.5 cm³/mol. The quantitative estimate of drug-likeness (QED) is 0.620. The Bertz CT molecular complexity index is 655. The summed E-state index contributed by atoms with van der Waals surface area (Å²) in [5.41, 5.74) is -0.337. The SMILES string of the molecule is Cc1ccccc1SCC(=O)c1cnccc1C(F)(F)F. The first-order chi connectivity index (χ1) is 9.89. The molecule has 2 rings (SSSR count). The summed E-state index contributed by atoms with van der Waals surface area (Å²) in [6, 6.07) is 8.24. The van der Waals surface area contributed by atoms with Crippen LogP contribution < -0.4 is 0 Å². The van der Waals surface area contributed by atoms with Crippen molar-refractivity contribution < 1.29 is 18.0 Å². The van der Waals surface area contributed by atoms with E-state index in [1.54, 1.807) is 0 Å². The number of aromatic nitrogens is 1. The van der Waals surface area contributed by atoms with Gasteiger partial charge in [-0.1, -0.05) is 18.2 Å². The first kappa shape index (κ1) is 15.6. The fraction of sp³-hybridized carbons (Fsp3) is 0.200. The van der Waals surface area contributed by atoms with Crippen molar-refractivity contribution in [2.45, 2.75) is 18.0 Å². The third-order valence-electron chi connectivity index (χ3n) is 2.88. The summed E-state index contributed by atoms with van der Waals surface area (Å²) < 4.78 is 38.5. The second kappa shape index (κ2) is 6.30. The van der Waals surface area contributed by atoms with E-state index in [2.05, 4.69) is 4.98 Å². The van der Waals surface area contributed by atoms with Gasteiger partial charge in [0.15, 0.2) is 5.78 Å². The number of rotatable bonds is 4. The molecule has 0 atom stereocenters. The third-order valence-corrected chi connectivity index (χ3v) is 4.05. The molecule has 0 amide bonds. The Labute approximate surface area is 124 Å². The Hall–Kier alpha value is -1.82. The number of pyridine rings is 1. The van der Waals surface area contributed by atoms with Gasteiger partial charge in [0.2, 0.25) is 0 Å². The number of nitrogens with zero attached hydrogens (tertiary/aromatic N) is 1. The highest BCUT2D eigenvalue weighted by Gasteiger charge is 2.35. The van der Waals surface area contributed by atoms with Crippen LogP contribution >= 0.6 is 11.8 Å². The average Bonchev–Trinajstić information content (AvgIpc) is 2.45. The van der Waals surface area contributed by atoms with Gasteiger partial charge in [-0.25, -0.2) is 0 Å². The van der Waals surface area contributed by atoms with Gasteiger partial charge in [0, 0.05) is 22.9 Å². The van der Waals surface area contributed by atoms with Crippen molar-refractivity contribution in [2.24, 2.45) is 0 Å². The summed E-state index contributed by atoms with van der Waals surface area (Å²) in [7, 11) is 0. The van der Waals surface area contributed by atoms with Gasteiger partial charge in [0.1, 0.15) is 0 Å². The summed E-state index contributed by atoms with van der Waals surface area (Å²) in [4.78, 5) is 16.5. The molecule has 0 fully saturated rings. The number of ketones is 1. The van der Waals surface area contributed by atoms with Crippen LogP contribution in [0.1, 0.15) is 21.5 Å². The van der Waals surface area contributed by atoms with E-state index >= 15 is 0 Å². The van der Waals surface area contributed by atoms with E-state index in [4.69, 9.17) is 0 Å². The van der Waals surface area contributed by atoms with E-state index in [0.717, 1.165) is 28.9 Å². The number of hydrogen-bond donors (Lipinski definition) is 0. The lowest BCUT2D eigenvalue weighted by molar-refractivity contribution is -0.138. The Morgan fingerprint density at radius 2 is 1.95 bits per heavy atom. The Morgan fingerprint density at radius 1 is 1.24 bits per heavy atom. The number of halogens is 3. The number of benzene rings is 1. The normalized spacial score (nSPS) is 11.4. The van der Waals surface area contributed by atoms with Crippen molar-refractivity contribution in [1.82, 2.24) is 4.98 Å². The largest absolute Gasteiger partial charge is 0.417 e. The minimum atomic E-state index is -4.55. The molecule has 1 aromatic carbocycles. The number of aryl methyl sites for hydroxylation is 1. The van der Waals surface area contributed by atoms with Crippen molar-refractivity contribution in [3.8, 4) is 0 Å². The van der Waals surface area contributed by atoms with Crippen molar-refractivity contribution in [3.05, 3.63) is 59.4 Å². The smallest absolute Gasteiger partial charge is 0.293 e. The van der Waals surface area contributed by atoms with Gasteiger partial charge in [-0.3, -0.25) is 9.78 Å². The number of thioether (sulfide) groups is 1. The topological polar surface area (TPSA) is 30.0 Å². The Balaban J connectivity index is 2.17. The van der Waals surface area contributed by atoms with Crippen molar-refractivity contribution in [3.63, 3.8) is 0 Å². The van der Waals surface area contributed by atoms with Gasteiger partial charge in [-0.05, 0) is 24.6 Å². The number of alkyl halides is 3. The third kappa shape index (κ3) is 3.85. The molecule has 0 N–H and O–H groups in total. The monoisotopic (exact) mass is 311 g/mol. The molecular formula is C15H12F3NOS. The Morgan fingerprint density at radius 3 is 2.62 bits per heavy atom. The van der Waals surface area contributed by atoms with Crippen LogP contribution in [-0.2, 0) is 6.18 Å². The molecule has 0 aliphatic heterocycles. The van der Waals surface area contributed by atoms with E-state index in [1.165, 1.54) is 11.8 Å². The summed E-state index contributed by atoms with van der Waals surface area (Å²) in [5, 5.41) is 0. The molecule has 6 heteroatoms. The van der Waals surface area contributed by atoms with Crippen LogP contribution in [0, 0.1) is 6.92 Å². The van der Waals surface area contributed by atoms with Crippen LogP contribution in [0.4, 0.5) is 13.2 Å². The lowest BCUT2D eigenvalue weighted by Gasteiger charge is -2.11. The number of carbonyl (C=O) groups is 1. The molecule has 0 saturated carbocycles. The van der Waals surface area contributed by atoms with Gasteiger partial charge in [0.05, 0.1) is 11.3 Å². The van der Waals surface area contributed by atoms with Gasteiger partial charge in [-0.2, -0.15) is 13.2 Å². The molecule has 0 spiro atoms. The lowest BCUT2D eigenvalue weighted by atomic mass is 10.1. The summed E-state index contributed by atoms with van der Waals surface area (Å²) in [6.45, 7) is 1.89. The molecule has 0 aliphatic carbocycles. The molecule has 0 bridgehead atoms. The van der Waals surface area contributed by atoms with E-state index in [1.807, 2.05) is 31.2 Å². The molecule has 0 unspecified atom stereocenters. The second-order valence-electron chi connectivity index (χ2n) is 4.40. The van der Waals surface area contributed by atoms with E-state index in [9.17, 15) is 18.0 Å². The van der Waals surface area contributed by atoms with Crippen LogP contribution in [0.3, 0.4) is 0 Å². The van der Waals surface area contributed by atoms with E-state index in [-0.39, 0.29) is 11.3 Å². The molecule has 21 heavy (non-hydrogen) atoms. The van der Waals surface area contributed by atoms with Crippen molar-refractivity contribution in [2.75, 3.05) is 5.75 Å². The first-order valence-electron chi connectivity index (χ1n) is 6.12. The molecule has 110 valence electrons. The number of hydrogen-bond acceptors (Lipinski definition) is 3. The summed E-state index contributed by atoms with van der Waals surface area (Å²) >= 11 is 1.22. The molecule has 2 nitrogen and oxygen atoms in total. The van der Waals surface area contributed by atoms with Crippen LogP contribution in [0.5, 0.6) is 0 Å². The van der Waals surface area contributed by atoms with Crippen LogP contribution in [0.15, 0.2) is 47.6 Å². The minimum absolute atomic E-state index is 0.0559. The average molecular weight is 311 g/mol.